The third-order valence-corrected chi connectivity index (χ3v) is 6.69. The number of aromatic nitrogens is 2. The van der Waals surface area contributed by atoms with Crippen LogP contribution in [0.1, 0.15) is 54.6 Å². The zero-order valence-electron chi connectivity index (χ0n) is 13.6. The highest BCUT2D eigenvalue weighted by atomic mass is 35.5. The van der Waals surface area contributed by atoms with Crippen LogP contribution in [0, 0.1) is 17.8 Å². The summed E-state index contributed by atoms with van der Waals surface area (Å²) in [5.74, 6) is 2.45. The number of hydrogen-bond donors (Lipinski definition) is 0. The van der Waals surface area contributed by atoms with Crippen molar-refractivity contribution in [2.75, 3.05) is 0 Å². The Morgan fingerprint density at radius 3 is 2.17 bits per heavy atom. The van der Waals surface area contributed by atoms with Gasteiger partial charge in [-0.25, -0.2) is 4.68 Å². The van der Waals surface area contributed by atoms with E-state index in [1.165, 1.54) is 38.5 Å². The fourth-order valence-corrected chi connectivity index (χ4v) is 6.16. The van der Waals surface area contributed by atoms with Gasteiger partial charge in [-0.2, -0.15) is 5.10 Å². The van der Waals surface area contributed by atoms with Gasteiger partial charge in [0.1, 0.15) is 0 Å². The van der Waals surface area contributed by atoms with Gasteiger partial charge in [-0.05, 0) is 80.0 Å². The monoisotopic (exact) mass is 340 g/mol. The molecule has 4 fully saturated rings. The van der Waals surface area contributed by atoms with Gasteiger partial charge in [0.25, 0.3) is 5.24 Å². The van der Waals surface area contributed by atoms with Crippen molar-refractivity contribution in [2.45, 2.75) is 43.9 Å². The number of carbonyl (C=O) groups excluding carboxylic acids is 1. The number of halogens is 1. The first-order valence-electron chi connectivity index (χ1n) is 8.98. The molecule has 0 aliphatic heterocycles. The van der Waals surface area contributed by atoms with E-state index in [-0.39, 0.29) is 10.7 Å². The van der Waals surface area contributed by atoms with Crippen LogP contribution in [-0.2, 0) is 5.41 Å². The van der Waals surface area contributed by atoms with Crippen LogP contribution >= 0.6 is 11.6 Å². The summed E-state index contributed by atoms with van der Waals surface area (Å²) in [6, 6.07) is 9.99. The molecule has 0 amide bonds. The molecule has 1 aromatic carbocycles. The molecule has 0 atom stereocenters. The summed E-state index contributed by atoms with van der Waals surface area (Å²) in [6.07, 6.45) is 9.51. The summed E-state index contributed by atoms with van der Waals surface area (Å²) in [5, 5.41) is 4.53. The molecule has 2 aromatic rings. The topological polar surface area (TPSA) is 34.9 Å². The van der Waals surface area contributed by atoms with Gasteiger partial charge < -0.3 is 0 Å². The molecule has 1 heterocycles. The SMILES string of the molecule is O=C(Cl)c1cn(-c2ccccc2)nc1C12CC3CC(CC(C3)C1)C2. The second-order valence-electron chi connectivity index (χ2n) is 8.14. The second-order valence-corrected chi connectivity index (χ2v) is 8.49. The predicted octanol–water partition coefficient (Wildman–Crippen LogP) is 4.72. The van der Waals surface area contributed by atoms with Crippen LogP contribution < -0.4 is 0 Å². The maximum Gasteiger partial charge on any atom is 0.255 e. The van der Waals surface area contributed by atoms with Crippen molar-refractivity contribution >= 4 is 16.8 Å². The molecule has 4 heteroatoms. The largest absolute Gasteiger partial charge is 0.275 e. The average molecular weight is 341 g/mol. The highest BCUT2D eigenvalue weighted by Gasteiger charge is 2.53. The molecular formula is C20H21ClN2O. The summed E-state index contributed by atoms with van der Waals surface area (Å²) in [6.45, 7) is 0. The zero-order chi connectivity index (χ0) is 16.3. The Hall–Kier alpha value is -1.61. The maximum atomic E-state index is 12.1. The van der Waals surface area contributed by atoms with E-state index in [2.05, 4.69) is 0 Å². The van der Waals surface area contributed by atoms with E-state index in [1.807, 2.05) is 41.2 Å². The molecule has 124 valence electrons. The van der Waals surface area contributed by atoms with Crippen LogP contribution in [0.3, 0.4) is 0 Å². The van der Waals surface area contributed by atoms with Crippen molar-refractivity contribution in [2.24, 2.45) is 17.8 Å². The summed E-state index contributed by atoms with van der Waals surface area (Å²) in [4.78, 5) is 12.1. The van der Waals surface area contributed by atoms with Gasteiger partial charge in [-0.15, -0.1) is 0 Å². The van der Waals surface area contributed by atoms with E-state index in [1.54, 1.807) is 0 Å². The minimum Gasteiger partial charge on any atom is -0.275 e. The Morgan fingerprint density at radius 2 is 1.62 bits per heavy atom. The van der Waals surface area contributed by atoms with Gasteiger partial charge in [0.15, 0.2) is 0 Å². The van der Waals surface area contributed by atoms with E-state index in [4.69, 9.17) is 16.7 Å². The normalized spacial score (nSPS) is 33.8. The summed E-state index contributed by atoms with van der Waals surface area (Å²) in [5.41, 5.74) is 2.63. The van der Waals surface area contributed by atoms with Crippen LogP contribution in [0.5, 0.6) is 0 Å². The van der Waals surface area contributed by atoms with Gasteiger partial charge in [0.05, 0.1) is 16.9 Å². The van der Waals surface area contributed by atoms with Gasteiger partial charge in [0, 0.05) is 11.6 Å². The Morgan fingerprint density at radius 1 is 1.04 bits per heavy atom. The van der Waals surface area contributed by atoms with Gasteiger partial charge in [-0.3, -0.25) is 4.79 Å². The number of rotatable bonds is 3. The van der Waals surface area contributed by atoms with Crippen LogP contribution in [0.2, 0.25) is 0 Å². The molecule has 4 aliphatic rings. The van der Waals surface area contributed by atoms with Crippen LogP contribution in [0.15, 0.2) is 36.5 Å². The minimum atomic E-state index is -0.372. The van der Waals surface area contributed by atoms with Crippen molar-refractivity contribution in [1.82, 2.24) is 9.78 Å². The third-order valence-electron chi connectivity index (χ3n) is 6.49. The number of carbonyl (C=O) groups is 1. The molecule has 24 heavy (non-hydrogen) atoms. The average Bonchev–Trinajstić information content (AvgIpc) is 3.01. The second kappa shape index (κ2) is 5.19. The van der Waals surface area contributed by atoms with Crippen molar-refractivity contribution < 1.29 is 4.79 Å². The van der Waals surface area contributed by atoms with Gasteiger partial charge >= 0.3 is 0 Å². The smallest absolute Gasteiger partial charge is 0.255 e. The maximum absolute atomic E-state index is 12.1. The van der Waals surface area contributed by atoms with Crippen LogP contribution in [0.4, 0.5) is 0 Å². The number of hydrogen-bond acceptors (Lipinski definition) is 2. The summed E-state index contributed by atoms with van der Waals surface area (Å²) in [7, 11) is 0. The third kappa shape index (κ3) is 2.17. The van der Waals surface area contributed by atoms with Crippen molar-refractivity contribution in [3.05, 3.63) is 47.8 Å². The zero-order valence-corrected chi connectivity index (χ0v) is 14.4. The molecule has 0 N–H and O–H groups in total. The number of para-hydroxylation sites is 1. The van der Waals surface area contributed by atoms with Gasteiger partial charge in [0.2, 0.25) is 0 Å². The highest BCUT2D eigenvalue weighted by Crippen LogP contribution is 2.60. The van der Waals surface area contributed by atoms with E-state index in [0.29, 0.717) is 5.56 Å². The molecule has 0 saturated heterocycles. The fraction of sp³-hybridized carbons (Fsp3) is 0.500. The Labute approximate surface area is 147 Å². The number of benzene rings is 1. The predicted molar refractivity (Wildman–Crippen MR) is 93.6 cm³/mol. The lowest BCUT2D eigenvalue weighted by Gasteiger charge is -2.56. The molecule has 0 spiro atoms. The van der Waals surface area contributed by atoms with E-state index in [9.17, 15) is 4.79 Å². The lowest BCUT2D eigenvalue weighted by molar-refractivity contribution is -0.00761. The summed E-state index contributed by atoms with van der Waals surface area (Å²) < 4.78 is 1.84. The molecule has 4 saturated carbocycles. The lowest BCUT2D eigenvalue weighted by atomic mass is 9.48. The molecular weight excluding hydrogens is 320 g/mol. The molecule has 0 radical (unpaired) electrons. The molecule has 4 aliphatic carbocycles. The molecule has 3 nitrogen and oxygen atoms in total. The Bertz CT molecular complexity index is 760. The van der Waals surface area contributed by atoms with Crippen molar-refractivity contribution in [1.29, 1.82) is 0 Å². The first-order valence-corrected chi connectivity index (χ1v) is 9.36. The van der Waals surface area contributed by atoms with Crippen LogP contribution in [-0.4, -0.2) is 15.0 Å². The fourth-order valence-electron chi connectivity index (χ4n) is 6.02. The molecule has 6 rings (SSSR count). The van der Waals surface area contributed by atoms with E-state index >= 15 is 0 Å². The standard InChI is InChI=1S/C20H21ClN2O/c21-19(24)17-12-23(16-4-2-1-3-5-16)22-18(17)20-9-13-6-14(10-20)8-15(7-13)11-20/h1-5,12-15H,6-11H2. The Balaban J connectivity index is 1.63. The van der Waals surface area contributed by atoms with Crippen LogP contribution in [0.25, 0.3) is 5.69 Å². The molecule has 4 bridgehead atoms. The van der Waals surface area contributed by atoms with Crippen molar-refractivity contribution in [3.63, 3.8) is 0 Å². The van der Waals surface area contributed by atoms with E-state index < -0.39 is 0 Å². The molecule has 1 aromatic heterocycles. The highest BCUT2D eigenvalue weighted by molar-refractivity contribution is 6.67. The lowest BCUT2D eigenvalue weighted by Crippen LogP contribution is -2.49. The van der Waals surface area contributed by atoms with E-state index in [0.717, 1.165) is 29.1 Å². The Kier molecular flexibility index (Phi) is 3.18. The number of nitrogens with zero attached hydrogens (tertiary/aromatic N) is 2. The van der Waals surface area contributed by atoms with Gasteiger partial charge in [-0.1, -0.05) is 18.2 Å². The first-order chi connectivity index (χ1) is 11.6. The quantitative estimate of drug-likeness (QED) is 0.758. The summed E-state index contributed by atoms with van der Waals surface area (Å²) >= 11 is 5.96. The molecule has 0 unspecified atom stereocenters. The minimum absolute atomic E-state index is 0.0780. The first kappa shape index (κ1) is 14.7. The van der Waals surface area contributed by atoms with Crippen molar-refractivity contribution in [3.8, 4) is 5.69 Å².